The number of esters is 1. The molecule has 1 saturated heterocycles. The smallest absolute Gasteiger partial charge is 0.337 e. The molecule has 2 aromatic rings. The molecule has 1 atom stereocenters. The summed E-state index contributed by atoms with van der Waals surface area (Å²) in [6, 6.07) is 14.0. The van der Waals surface area contributed by atoms with Gasteiger partial charge in [-0.15, -0.1) is 12.4 Å². The summed E-state index contributed by atoms with van der Waals surface area (Å²) in [7, 11) is -0.510. The molecule has 0 spiro atoms. The maximum atomic E-state index is 13.5. The van der Waals surface area contributed by atoms with Gasteiger partial charge in [-0.05, 0) is 37.2 Å². The lowest BCUT2D eigenvalue weighted by Crippen LogP contribution is -2.49. The number of halogens is 1. The molecule has 3 rings (SSSR count). The number of sulfonamides is 1. The zero-order valence-electron chi connectivity index (χ0n) is 16.2. The molecule has 0 bridgehead atoms. The lowest BCUT2D eigenvalue weighted by Gasteiger charge is -2.39. The number of piperazine rings is 1. The molecular formula is C20H25ClN2O4S. The van der Waals surface area contributed by atoms with Gasteiger partial charge in [-0.25, -0.2) is 13.2 Å². The Kier molecular flexibility index (Phi) is 7.22. The second-order valence-corrected chi connectivity index (χ2v) is 8.64. The minimum absolute atomic E-state index is 0. The first-order chi connectivity index (χ1) is 12.8. The molecule has 0 saturated carbocycles. The van der Waals surface area contributed by atoms with Gasteiger partial charge in [-0.1, -0.05) is 36.4 Å². The summed E-state index contributed by atoms with van der Waals surface area (Å²) in [5, 5.41) is 0. The highest BCUT2D eigenvalue weighted by Crippen LogP contribution is 2.32. The molecule has 1 heterocycles. The molecule has 8 heteroatoms. The van der Waals surface area contributed by atoms with E-state index in [9.17, 15) is 13.2 Å². The standard InChI is InChI=1S/C20H24N2O4S.ClH/c1-15-9-10-17(20(23)26-3)13-19(15)27(24,25)22-12-11-21(2)14-18(22)16-7-5-4-6-8-16;/h4-10,13,18H,11-12,14H2,1-3H3;1H. The molecule has 0 amide bonds. The Bertz CT molecular complexity index is 934. The number of hydrogen-bond acceptors (Lipinski definition) is 5. The molecule has 2 aromatic carbocycles. The normalized spacial score (nSPS) is 18.3. The van der Waals surface area contributed by atoms with E-state index in [0.717, 1.165) is 5.56 Å². The predicted molar refractivity (Wildman–Crippen MR) is 110 cm³/mol. The van der Waals surface area contributed by atoms with Crippen molar-refractivity contribution in [3.63, 3.8) is 0 Å². The second-order valence-electron chi connectivity index (χ2n) is 6.78. The Labute approximate surface area is 172 Å². The van der Waals surface area contributed by atoms with E-state index in [0.29, 0.717) is 25.2 Å². The van der Waals surface area contributed by atoms with Crippen LogP contribution in [-0.4, -0.2) is 57.4 Å². The first-order valence-corrected chi connectivity index (χ1v) is 10.2. The third-order valence-corrected chi connectivity index (χ3v) is 6.96. The van der Waals surface area contributed by atoms with Gasteiger partial charge in [0, 0.05) is 19.6 Å². The molecule has 1 aliphatic heterocycles. The van der Waals surface area contributed by atoms with Crippen molar-refractivity contribution in [2.45, 2.75) is 17.9 Å². The summed E-state index contributed by atoms with van der Waals surface area (Å²) in [4.78, 5) is 14.1. The van der Waals surface area contributed by atoms with Crippen molar-refractivity contribution in [3.05, 3.63) is 65.2 Å². The first kappa shape index (κ1) is 22.4. The van der Waals surface area contributed by atoms with E-state index in [1.807, 2.05) is 37.4 Å². The quantitative estimate of drug-likeness (QED) is 0.706. The Balaban J connectivity index is 0.00000280. The van der Waals surface area contributed by atoms with Crippen molar-refractivity contribution >= 4 is 28.4 Å². The number of ether oxygens (including phenoxy) is 1. The lowest BCUT2D eigenvalue weighted by molar-refractivity contribution is 0.0600. The molecule has 152 valence electrons. The molecule has 6 nitrogen and oxygen atoms in total. The third-order valence-electron chi connectivity index (χ3n) is 4.91. The van der Waals surface area contributed by atoms with Gasteiger partial charge in [0.05, 0.1) is 23.6 Å². The van der Waals surface area contributed by atoms with Gasteiger partial charge >= 0.3 is 5.97 Å². The summed E-state index contributed by atoms with van der Waals surface area (Å²) >= 11 is 0. The lowest BCUT2D eigenvalue weighted by atomic mass is 10.1. The van der Waals surface area contributed by atoms with Crippen LogP contribution in [0.2, 0.25) is 0 Å². The first-order valence-electron chi connectivity index (χ1n) is 8.79. The van der Waals surface area contributed by atoms with Gasteiger partial charge in [0.25, 0.3) is 0 Å². The number of carbonyl (C=O) groups is 1. The minimum Gasteiger partial charge on any atom is -0.465 e. The summed E-state index contributed by atoms with van der Waals surface area (Å²) < 4.78 is 33.3. The van der Waals surface area contributed by atoms with E-state index in [-0.39, 0.29) is 28.9 Å². The average molecular weight is 425 g/mol. The molecule has 0 aliphatic carbocycles. The van der Waals surface area contributed by atoms with E-state index in [4.69, 9.17) is 4.74 Å². The van der Waals surface area contributed by atoms with Crippen LogP contribution in [0.4, 0.5) is 0 Å². The van der Waals surface area contributed by atoms with Gasteiger partial charge in [0.15, 0.2) is 0 Å². The average Bonchev–Trinajstić information content (AvgIpc) is 2.68. The predicted octanol–water partition coefficient (Wildman–Crippen LogP) is 2.88. The number of aryl methyl sites for hydroxylation is 1. The van der Waals surface area contributed by atoms with Crippen LogP contribution in [0.25, 0.3) is 0 Å². The zero-order valence-corrected chi connectivity index (χ0v) is 17.8. The summed E-state index contributed by atoms with van der Waals surface area (Å²) in [6.07, 6.45) is 0. The molecule has 0 radical (unpaired) electrons. The van der Waals surface area contributed by atoms with Crippen molar-refractivity contribution < 1.29 is 17.9 Å². The highest BCUT2D eigenvalue weighted by molar-refractivity contribution is 7.89. The van der Waals surface area contributed by atoms with Crippen LogP contribution >= 0.6 is 12.4 Å². The van der Waals surface area contributed by atoms with Gasteiger partial charge in [-0.2, -0.15) is 4.31 Å². The van der Waals surface area contributed by atoms with Crippen molar-refractivity contribution in [1.29, 1.82) is 0 Å². The Morgan fingerprint density at radius 2 is 1.79 bits per heavy atom. The van der Waals surface area contributed by atoms with E-state index >= 15 is 0 Å². The largest absolute Gasteiger partial charge is 0.465 e. The van der Waals surface area contributed by atoms with Crippen molar-refractivity contribution in [1.82, 2.24) is 9.21 Å². The van der Waals surface area contributed by atoms with Crippen molar-refractivity contribution in [3.8, 4) is 0 Å². The molecular weight excluding hydrogens is 400 g/mol. The van der Waals surface area contributed by atoms with Gasteiger partial charge < -0.3 is 9.64 Å². The van der Waals surface area contributed by atoms with Crippen LogP contribution in [0.1, 0.15) is 27.5 Å². The van der Waals surface area contributed by atoms with Crippen molar-refractivity contribution in [2.24, 2.45) is 0 Å². The number of carbonyl (C=O) groups excluding carboxylic acids is 1. The fraction of sp³-hybridized carbons (Fsp3) is 0.350. The Morgan fingerprint density at radius 3 is 2.43 bits per heavy atom. The van der Waals surface area contributed by atoms with Crippen LogP contribution in [0.5, 0.6) is 0 Å². The topological polar surface area (TPSA) is 66.9 Å². The SMILES string of the molecule is COC(=O)c1ccc(C)c(S(=O)(=O)N2CCN(C)CC2c2ccccc2)c1.Cl. The van der Waals surface area contributed by atoms with Crippen molar-refractivity contribution in [2.75, 3.05) is 33.8 Å². The number of methoxy groups -OCH3 is 1. The third kappa shape index (κ3) is 4.38. The molecule has 0 N–H and O–H groups in total. The molecule has 28 heavy (non-hydrogen) atoms. The number of likely N-dealkylation sites (N-methyl/N-ethyl adjacent to an activating group) is 1. The maximum Gasteiger partial charge on any atom is 0.337 e. The van der Waals surface area contributed by atoms with Crippen LogP contribution in [0.3, 0.4) is 0 Å². The number of hydrogen-bond donors (Lipinski definition) is 0. The summed E-state index contributed by atoms with van der Waals surface area (Å²) in [6.45, 7) is 3.39. The van der Waals surface area contributed by atoms with Gasteiger partial charge in [0.2, 0.25) is 10.0 Å². The van der Waals surface area contributed by atoms with E-state index in [2.05, 4.69) is 4.90 Å². The minimum atomic E-state index is -3.78. The number of nitrogens with zero attached hydrogens (tertiary/aromatic N) is 2. The van der Waals surface area contributed by atoms with Gasteiger partial charge in [0.1, 0.15) is 0 Å². The molecule has 1 unspecified atom stereocenters. The van der Waals surface area contributed by atoms with Crippen LogP contribution in [0.15, 0.2) is 53.4 Å². The number of benzene rings is 2. The van der Waals surface area contributed by atoms with Gasteiger partial charge in [-0.3, -0.25) is 0 Å². The fourth-order valence-electron chi connectivity index (χ4n) is 3.39. The van der Waals surface area contributed by atoms with Crippen LogP contribution in [-0.2, 0) is 14.8 Å². The molecule has 1 fully saturated rings. The Hall–Kier alpha value is -1.93. The molecule has 1 aliphatic rings. The van der Waals surface area contributed by atoms with Crippen LogP contribution < -0.4 is 0 Å². The highest BCUT2D eigenvalue weighted by Gasteiger charge is 2.37. The second kappa shape index (κ2) is 9.05. The van der Waals surface area contributed by atoms with Crippen LogP contribution in [0, 0.1) is 6.92 Å². The van der Waals surface area contributed by atoms with E-state index in [1.165, 1.54) is 13.2 Å². The number of rotatable bonds is 4. The summed E-state index contributed by atoms with van der Waals surface area (Å²) in [5.74, 6) is -0.551. The fourth-order valence-corrected chi connectivity index (χ4v) is 5.24. The molecule has 0 aromatic heterocycles. The zero-order chi connectivity index (χ0) is 19.6. The van der Waals surface area contributed by atoms with E-state index in [1.54, 1.807) is 23.4 Å². The highest BCUT2D eigenvalue weighted by atomic mass is 35.5. The maximum absolute atomic E-state index is 13.5. The Morgan fingerprint density at radius 1 is 1.11 bits per heavy atom. The van der Waals surface area contributed by atoms with E-state index < -0.39 is 16.0 Å². The summed E-state index contributed by atoms with van der Waals surface area (Å²) in [5.41, 5.74) is 1.79. The monoisotopic (exact) mass is 424 g/mol.